The van der Waals surface area contributed by atoms with E-state index in [1.54, 1.807) is 23.9 Å². The van der Waals surface area contributed by atoms with Crippen molar-refractivity contribution in [3.63, 3.8) is 0 Å². The third-order valence-corrected chi connectivity index (χ3v) is 3.69. The molecule has 0 amide bonds. The molecule has 0 bridgehead atoms. The molecule has 1 N–H and O–H groups in total. The van der Waals surface area contributed by atoms with Crippen molar-refractivity contribution >= 4 is 42.8 Å². The third-order valence-electron chi connectivity index (χ3n) is 2.66. The molecule has 0 fully saturated rings. The van der Waals surface area contributed by atoms with E-state index in [0.29, 0.717) is 0 Å². The van der Waals surface area contributed by atoms with Gasteiger partial charge in [0.25, 0.3) is 0 Å². The molecule has 0 radical (unpaired) electrons. The summed E-state index contributed by atoms with van der Waals surface area (Å²) in [4.78, 5) is 18.2. The summed E-state index contributed by atoms with van der Waals surface area (Å²) in [6.45, 7) is 0. The highest BCUT2D eigenvalue weighted by Gasteiger charge is 2.12. The second-order valence-corrected chi connectivity index (χ2v) is 4.57. The van der Waals surface area contributed by atoms with Gasteiger partial charge in [-0.05, 0) is 12.1 Å². The zero-order chi connectivity index (χ0) is 10.5. The first-order valence-electron chi connectivity index (χ1n) is 4.88. The van der Waals surface area contributed by atoms with Gasteiger partial charge in [-0.3, -0.25) is 0 Å². The Balaban J connectivity index is 2.38. The maximum absolute atomic E-state index is 4.35. The predicted octanol–water partition coefficient (Wildman–Crippen LogP) is 2.72. The van der Waals surface area contributed by atoms with Crippen LogP contribution in [0.4, 0.5) is 0 Å². The molecular weight excluding hydrogens is 220 g/mol. The summed E-state index contributed by atoms with van der Waals surface area (Å²) < 4.78 is 0. The van der Waals surface area contributed by atoms with Gasteiger partial charge in [-0.2, -0.15) is 0 Å². The Morgan fingerprint density at radius 1 is 1.25 bits per heavy atom. The molecule has 0 atom stereocenters. The average Bonchev–Trinajstić information content (AvgIpc) is 2.83. The summed E-state index contributed by atoms with van der Waals surface area (Å²) in [5.41, 5.74) is 1.96. The van der Waals surface area contributed by atoms with Crippen molar-refractivity contribution in [1.29, 1.82) is 0 Å². The highest BCUT2D eigenvalue weighted by Crippen LogP contribution is 2.35. The van der Waals surface area contributed by atoms with E-state index in [-0.39, 0.29) is 0 Å². The molecule has 4 aromatic rings. The van der Waals surface area contributed by atoms with Gasteiger partial charge in [-0.25, -0.2) is 15.0 Å². The highest BCUT2D eigenvalue weighted by molar-refractivity contribution is 7.25. The lowest BCUT2D eigenvalue weighted by Gasteiger charge is -1.89. The molecule has 0 aliphatic carbocycles. The van der Waals surface area contributed by atoms with Crippen LogP contribution in [0, 0.1) is 0 Å². The van der Waals surface area contributed by atoms with Crippen molar-refractivity contribution in [2.24, 2.45) is 0 Å². The molecule has 4 rings (SSSR count). The first kappa shape index (κ1) is 8.18. The van der Waals surface area contributed by atoms with Gasteiger partial charge in [0.2, 0.25) is 0 Å². The van der Waals surface area contributed by atoms with Crippen LogP contribution in [0.2, 0.25) is 0 Å². The van der Waals surface area contributed by atoms with Gasteiger partial charge in [0.1, 0.15) is 21.5 Å². The normalized spacial score (nSPS) is 11.8. The van der Waals surface area contributed by atoms with E-state index in [0.717, 1.165) is 31.5 Å². The van der Waals surface area contributed by atoms with Crippen molar-refractivity contribution in [3.05, 3.63) is 30.9 Å². The molecule has 76 valence electrons. The minimum atomic E-state index is 0.976. The van der Waals surface area contributed by atoms with Crippen LogP contribution in [0.1, 0.15) is 0 Å². The fourth-order valence-corrected chi connectivity index (χ4v) is 3.05. The minimum Gasteiger partial charge on any atom is -0.344 e. The van der Waals surface area contributed by atoms with Crippen LogP contribution in [0.3, 0.4) is 0 Å². The SMILES string of the molecule is c1cnc2sc3[nH]c4cncnc4c3c2c1. The number of nitrogens with zero attached hydrogens (tertiary/aromatic N) is 3. The lowest BCUT2D eigenvalue weighted by Crippen LogP contribution is -1.77. The lowest BCUT2D eigenvalue weighted by atomic mass is 10.2. The van der Waals surface area contributed by atoms with E-state index in [1.165, 1.54) is 0 Å². The maximum Gasteiger partial charge on any atom is 0.125 e. The number of fused-ring (bicyclic) bond motifs is 5. The van der Waals surface area contributed by atoms with Crippen LogP contribution in [0.5, 0.6) is 0 Å². The Kier molecular flexibility index (Phi) is 1.41. The molecule has 0 unspecified atom stereocenters. The molecule has 0 aromatic carbocycles. The molecule has 5 heteroatoms. The van der Waals surface area contributed by atoms with E-state index in [1.807, 2.05) is 12.3 Å². The maximum atomic E-state index is 4.35. The molecule has 0 aliphatic rings. The van der Waals surface area contributed by atoms with Crippen molar-refractivity contribution in [2.45, 2.75) is 0 Å². The summed E-state index contributed by atoms with van der Waals surface area (Å²) in [5, 5.41) is 2.32. The van der Waals surface area contributed by atoms with Crippen LogP contribution in [0.25, 0.3) is 31.5 Å². The fraction of sp³-hybridized carbons (Fsp3) is 0. The van der Waals surface area contributed by atoms with Crippen molar-refractivity contribution < 1.29 is 0 Å². The number of aromatic amines is 1. The second kappa shape index (κ2) is 2.76. The Hall–Kier alpha value is -2.01. The van der Waals surface area contributed by atoms with E-state index in [9.17, 15) is 0 Å². The Labute approximate surface area is 94.0 Å². The van der Waals surface area contributed by atoms with Gasteiger partial charge >= 0.3 is 0 Å². The Bertz CT molecular complexity index is 749. The lowest BCUT2D eigenvalue weighted by molar-refractivity contribution is 1.22. The Morgan fingerprint density at radius 2 is 2.25 bits per heavy atom. The van der Waals surface area contributed by atoms with E-state index in [4.69, 9.17) is 0 Å². The average molecular weight is 226 g/mol. The monoisotopic (exact) mass is 226 g/mol. The van der Waals surface area contributed by atoms with E-state index < -0.39 is 0 Å². The number of aromatic nitrogens is 4. The van der Waals surface area contributed by atoms with Crippen LogP contribution in [-0.2, 0) is 0 Å². The molecule has 0 spiro atoms. The van der Waals surface area contributed by atoms with Crippen LogP contribution >= 0.6 is 11.3 Å². The van der Waals surface area contributed by atoms with E-state index >= 15 is 0 Å². The molecule has 0 saturated carbocycles. The molecule has 4 heterocycles. The van der Waals surface area contributed by atoms with Crippen molar-refractivity contribution in [2.75, 3.05) is 0 Å². The summed E-state index contributed by atoms with van der Waals surface area (Å²) in [5.74, 6) is 0. The third kappa shape index (κ3) is 0.906. The van der Waals surface area contributed by atoms with Gasteiger partial charge in [0.15, 0.2) is 0 Å². The van der Waals surface area contributed by atoms with Crippen LogP contribution in [0.15, 0.2) is 30.9 Å². The summed E-state index contributed by atoms with van der Waals surface area (Å²) in [6.07, 6.45) is 5.20. The highest BCUT2D eigenvalue weighted by atomic mass is 32.1. The fourth-order valence-electron chi connectivity index (χ4n) is 2.00. The van der Waals surface area contributed by atoms with Crippen LogP contribution in [-0.4, -0.2) is 19.9 Å². The standard InChI is InChI=1S/C11H6N4S/c1-2-6-8-9-7(4-12-5-14-9)15-11(8)16-10(6)13-3-1/h1-5,15H. The zero-order valence-corrected chi connectivity index (χ0v) is 8.95. The minimum absolute atomic E-state index is 0.976. The summed E-state index contributed by atoms with van der Waals surface area (Å²) in [6, 6.07) is 4.03. The molecule has 4 nitrogen and oxygen atoms in total. The number of thiophene rings is 1. The first-order valence-corrected chi connectivity index (χ1v) is 5.70. The smallest absolute Gasteiger partial charge is 0.125 e. The van der Waals surface area contributed by atoms with Gasteiger partial charge in [-0.15, -0.1) is 0 Å². The Morgan fingerprint density at radius 3 is 3.25 bits per heavy atom. The van der Waals surface area contributed by atoms with Gasteiger partial charge in [0, 0.05) is 17.0 Å². The largest absolute Gasteiger partial charge is 0.344 e. The predicted molar refractivity (Wildman–Crippen MR) is 64.6 cm³/mol. The first-order chi connectivity index (χ1) is 7.93. The zero-order valence-electron chi connectivity index (χ0n) is 8.14. The van der Waals surface area contributed by atoms with Gasteiger partial charge in [0.05, 0.1) is 11.7 Å². The topological polar surface area (TPSA) is 54.5 Å². The number of pyridine rings is 1. The molecule has 0 aliphatic heterocycles. The number of nitrogens with one attached hydrogen (secondary N) is 1. The van der Waals surface area contributed by atoms with Crippen LogP contribution < -0.4 is 0 Å². The molecule has 0 saturated heterocycles. The second-order valence-electron chi connectivity index (χ2n) is 3.57. The molecular formula is C11H6N4S. The van der Waals surface area contributed by atoms with Gasteiger partial charge in [-0.1, -0.05) is 11.3 Å². The van der Waals surface area contributed by atoms with E-state index in [2.05, 4.69) is 26.0 Å². The number of rotatable bonds is 0. The van der Waals surface area contributed by atoms with Gasteiger partial charge < -0.3 is 4.98 Å². The number of hydrogen-bond donors (Lipinski definition) is 1. The molecule has 16 heavy (non-hydrogen) atoms. The van der Waals surface area contributed by atoms with Crippen molar-refractivity contribution in [1.82, 2.24) is 19.9 Å². The molecule has 4 aromatic heterocycles. The number of hydrogen-bond acceptors (Lipinski definition) is 4. The quantitative estimate of drug-likeness (QED) is 0.501. The van der Waals surface area contributed by atoms with Crippen molar-refractivity contribution in [3.8, 4) is 0 Å². The summed E-state index contributed by atoms with van der Waals surface area (Å²) in [7, 11) is 0. The number of H-pyrrole nitrogens is 1. The summed E-state index contributed by atoms with van der Waals surface area (Å²) >= 11 is 1.65.